The van der Waals surface area contributed by atoms with E-state index in [4.69, 9.17) is 12.2 Å². The predicted molar refractivity (Wildman–Crippen MR) is 47.4 cm³/mol. The first kappa shape index (κ1) is 9.50. The molecule has 1 aliphatic heterocycles. The van der Waals surface area contributed by atoms with Gasteiger partial charge in [0, 0.05) is 45.7 Å². The zero-order chi connectivity index (χ0) is 8.81. The number of piperazine rings is 1. The van der Waals surface area contributed by atoms with Crippen molar-refractivity contribution in [1.29, 1.82) is 5.26 Å². The minimum absolute atomic E-state index is 0.641. The Hall–Kier alpha value is -0.590. The molecule has 0 aromatic rings. The molecule has 3 heteroatoms. The Morgan fingerprint density at radius 2 is 1.75 bits per heavy atom. The maximum atomic E-state index is 8.39. The van der Waals surface area contributed by atoms with Crippen molar-refractivity contribution in [3.63, 3.8) is 0 Å². The Labute approximate surface area is 74.6 Å². The predicted octanol–water partition coefficient (Wildman–Crippen LogP) is 0.229. The van der Waals surface area contributed by atoms with Crippen LogP contribution in [-0.2, 0) is 0 Å². The van der Waals surface area contributed by atoms with Crippen molar-refractivity contribution in [3.8, 4) is 6.07 Å². The Balaban J connectivity index is 2.14. The van der Waals surface area contributed by atoms with Crippen LogP contribution < -0.4 is 0 Å². The van der Waals surface area contributed by atoms with Crippen LogP contribution >= 0.6 is 0 Å². The summed E-state index contributed by atoms with van der Waals surface area (Å²) in [4.78, 5) is 4.54. The van der Waals surface area contributed by atoms with Crippen molar-refractivity contribution in [2.45, 2.75) is 6.42 Å². The van der Waals surface area contributed by atoms with Gasteiger partial charge in [-0.25, -0.2) is 0 Å². The van der Waals surface area contributed by atoms with E-state index in [9.17, 15) is 0 Å². The van der Waals surface area contributed by atoms with Crippen molar-refractivity contribution in [1.82, 2.24) is 9.80 Å². The fourth-order valence-electron chi connectivity index (χ4n) is 1.40. The molecule has 0 amide bonds. The van der Waals surface area contributed by atoms with Gasteiger partial charge in [0.25, 0.3) is 0 Å². The van der Waals surface area contributed by atoms with Gasteiger partial charge < -0.3 is 4.90 Å². The van der Waals surface area contributed by atoms with Crippen LogP contribution in [0.3, 0.4) is 0 Å². The first-order valence-corrected chi connectivity index (χ1v) is 4.38. The number of hydrogen-bond acceptors (Lipinski definition) is 3. The highest BCUT2D eigenvalue weighted by Crippen LogP contribution is 2.00. The van der Waals surface area contributed by atoms with Gasteiger partial charge in [-0.1, -0.05) is 0 Å². The fourth-order valence-corrected chi connectivity index (χ4v) is 1.40. The van der Waals surface area contributed by atoms with Gasteiger partial charge in [0.1, 0.15) is 0 Å². The molecule has 1 fully saturated rings. The molecule has 0 saturated carbocycles. The van der Waals surface area contributed by atoms with Crippen LogP contribution in [-0.4, -0.2) is 49.1 Å². The first-order chi connectivity index (χ1) is 5.86. The maximum Gasteiger partial charge on any atom is 0.0635 e. The van der Waals surface area contributed by atoms with Gasteiger partial charge in [0.2, 0.25) is 0 Å². The van der Waals surface area contributed by atoms with E-state index >= 15 is 0 Å². The molecular weight excluding hydrogens is 150 g/mol. The highest BCUT2D eigenvalue weighted by molar-refractivity contribution is 4.76. The van der Waals surface area contributed by atoms with Gasteiger partial charge in [-0.05, 0) is 6.92 Å². The van der Waals surface area contributed by atoms with Gasteiger partial charge in [0.15, 0.2) is 0 Å². The summed E-state index contributed by atoms with van der Waals surface area (Å²) < 4.78 is 0. The van der Waals surface area contributed by atoms with Crippen molar-refractivity contribution >= 4 is 0 Å². The van der Waals surface area contributed by atoms with Crippen LogP contribution in [0.25, 0.3) is 0 Å². The van der Waals surface area contributed by atoms with Gasteiger partial charge in [-0.3, -0.25) is 4.90 Å². The lowest BCUT2D eigenvalue weighted by atomic mass is 10.3. The molecule has 1 rings (SSSR count). The van der Waals surface area contributed by atoms with Crippen LogP contribution in [0, 0.1) is 18.3 Å². The molecule has 12 heavy (non-hydrogen) atoms. The second-order valence-corrected chi connectivity index (χ2v) is 3.05. The summed E-state index contributed by atoms with van der Waals surface area (Å²) in [6.07, 6.45) is 0.641. The topological polar surface area (TPSA) is 30.3 Å². The second kappa shape index (κ2) is 5.13. The molecule has 0 spiro atoms. The minimum atomic E-state index is 0.641. The van der Waals surface area contributed by atoms with Crippen LogP contribution in [0.4, 0.5) is 0 Å². The molecule has 3 nitrogen and oxygen atoms in total. The van der Waals surface area contributed by atoms with E-state index in [-0.39, 0.29) is 0 Å². The molecule has 0 aromatic carbocycles. The summed E-state index contributed by atoms with van der Waals surface area (Å²) in [5, 5.41) is 8.39. The van der Waals surface area contributed by atoms with Crippen LogP contribution in [0.15, 0.2) is 0 Å². The number of hydrogen-bond donors (Lipinski definition) is 0. The monoisotopic (exact) mass is 165 g/mol. The van der Waals surface area contributed by atoms with E-state index in [2.05, 4.69) is 15.9 Å². The molecule has 66 valence electrons. The lowest BCUT2D eigenvalue weighted by Gasteiger charge is -2.33. The molecule has 0 aromatic heterocycles. The van der Waals surface area contributed by atoms with Crippen LogP contribution in [0.2, 0.25) is 0 Å². The average molecular weight is 165 g/mol. The molecule has 0 bridgehead atoms. The maximum absolute atomic E-state index is 8.39. The molecule has 1 aliphatic rings. The van der Waals surface area contributed by atoms with Crippen LogP contribution in [0.1, 0.15) is 6.42 Å². The minimum Gasteiger partial charge on any atom is -0.300 e. The van der Waals surface area contributed by atoms with Gasteiger partial charge >= 0.3 is 0 Å². The Morgan fingerprint density at radius 3 is 2.25 bits per heavy atom. The Kier molecular flexibility index (Phi) is 4.06. The fraction of sp³-hybridized carbons (Fsp3) is 0.778. The molecule has 1 heterocycles. The summed E-state index contributed by atoms with van der Waals surface area (Å²) >= 11 is 0. The third kappa shape index (κ3) is 2.80. The number of rotatable bonds is 3. The molecule has 1 saturated heterocycles. The molecular formula is C9H15N3. The normalized spacial score (nSPS) is 20.7. The third-order valence-electron chi connectivity index (χ3n) is 2.26. The van der Waals surface area contributed by atoms with Crippen molar-refractivity contribution in [2.24, 2.45) is 0 Å². The zero-order valence-electron chi connectivity index (χ0n) is 7.37. The van der Waals surface area contributed by atoms with Crippen molar-refractivity contribution in [3.05, 3.63) is 6.92 Å². The number of nitrogens with zero attached hydrogens (tertiary/aromatic N) is 3. The summed E-state index contributed by atoms with van der Waals surface area (Å²) in [5.41, 5.74) is 0. The van der Waals surface area contributed by atoms with E-state index in [1.807, 2.05) is 0 Å². The first-order valence-electron chi connectivity index (χ1n) is 4.38. The zero-order valence-corrected chi connectivity index (χ0v) is 7.37. The highest BCUT2D eigenvalue weighted by atomic mass is 15.3. The van der Waals surface area contributed by atoms with E-state index in [1.54, 1.807) is 0 Å². The van der Waals surface area contributed by atoms with Gasteiger partial charge in [-0.2, -0.15) is 5.26 Å². The van der Waals surface area contributed by atoms with Crippen molar-refractivity contribution in [2.75, 3.05) is 39.3 Å². The smallest absolute Gasteiger partial charge is 0.0635 e. The second-order valence-electron chi connectivity index (χ2n) is 3.05. The summed E-state index contributed by atoms with van der Waals surface area (Å²) in [7, 11) is 0. The molecule has 0 aliphatic carbocycles. The largest absolute Gasteiger partial charge is 0.300 e. The lowest BCUT2D eigenvalue weighted by molar-refractivity contribution is 0.144. The third-order valence-corrected chi connectivity index (χ3v) is 2.26. The van der Waals surface area contributed by atoms with Crippen LogP contribution in [0.5, 0.6) is 0 Å². The summed E-state index contributed by atoms with van der Waals surface area (Å²) in [5.74, 6) is 0. The Bertz CT molecular complexity index is 154. The molecule has 0 atom stereocenters. The quantitative estimate of drug-likeness (QED) is 0.599. The molecule has 0 unspecified atom stereocenters. The van der Waals surface area contributed by atoms with E-state index in [0.717, 1.165) is 32.7 Å². The van der Waals surface area contributed by atoms with Crippen molar-refractivity contribution < 1.29 is 0 Å². The number of nitriles is 1. The standard InChI is InChI=1S/C9H15N3/c1-2-11-6-8-12(9-7-11)5-3-4-10/h1H,2-3,5-9H2. The Morgan fingerprint density at radius 1 is 1.17 bits per heavy atom. The highest BCUT2D eigenvalue weighted by Gasteiger charge is 2.14. The lowest BCUT2D eigenvalue weighted by Crippen LogP contribution is -2.46. The van der Waals surface area contributed by atoms with E-state index in [1.165, 1.54) is 0 Å². The van der Waals surface area contributed by atoms with Gasteiger partial charge in [0.05, 0.1) is 6.07 Å². The van der Waals surface area contributed by atoms with E-state index in [0.29, 0.717) is 13.0 Å². The molecule has 0 N–H and O–H groups in total. The summed E-state index contributed by atoms with van der Waals surface area (Å²) in [6.45, 7) is 11.3. The van der Waals surface area contributed by atoms with E-state index < -0.39 is 0 Å². The summed E-state index contributed by atoms with van der Waals surface area (Å²) in [6, 6.07) is 2.16. The average Bonchev–Trinajstić information content (AvgIpc) is 2.15. The molecule has 2 radical (unpaired) electrons. The van der Waals surface area contributed by atoms with Gasteiger partial charge in [-0.15, -0.1) is 0 Å². The SMILES string of the molecule is [CH]CN1CCN(CCC#N)CC1.